The maximum absolute atomic E-state index is 12.0. The van der Waals surface area contributed by atoms with Gasteiger partial charge >= 0.3 is 0 Å². The summed E-state index contributed by atoms with van der Waals surface area (Å²) in [4.78, 5) is 14.1. The Morgan fingerprint density at radius 3 is 3.12 bits per heavy atom. The second-order valence-electron chi connectivity index (χ2n) is 4.35. The molecule has 1 heterocycles. The second-order valence-corrected chi connectivity index (χ2v) is 5.49. The molecule has 0 bridgehead atoms. The highest BCUT2D eigenvalue weighted by Crippen LogP contribution is 2.30. The highest BCUT2D eigenvalue weighted by Gasteiger charge is 2.19. The average molecular weight is 248 g/mol. The minimum absolute atomic E-state index is 0.0218. The van der Waals surface area contributed by atoms with Crippen molar-refractivity contribution in [1.29, 1.82) is 5.26 Å². The monoisotopic (exact) mass is 248 g/mol. The summed E-state index contributed by atoms with van der Waals surface area (Å²) in [5.41, 5.74) is 1.34. The van der Waals surface area contributed by atoms with E-state index in [0.29, 0.717) is 6.42 Å². The number of rotatable bonds is 4. The minimum atomic E-state index is -0.0237. The van der Waals surface area contributed by atoms with E-state index in [4.69, 9.17) is 5.26 Å². The van der Waals surface area contributed by atoms with Crippen molar-refractivity contribution < 1.29 is 4.79 Å². The lowest BCUT2D eigenvalue weighted by molar-refractivity contribution is 0.0940. The van der Waals surface area contributed by atoms with Crippen LogP contribution in [0.25, 0.3) is 0 Å². The molecule has 1 amide bonds. The van der Waals surface area contributed by atoms with Crippen LogP contribution in [0.2, 0.25) is 0 Å². The fourth-order valence-electron chi connectivity index (χ4n) is 2.11. The van der Waals surface area contributed by atoms with Crippen molar-refractivity contribution in [2.24, 2.45) is 0 Å². The molecule has 17 heavy (non-hydrogen) atoms. The number of nitrogens with one attached hydrogen (secondary N) is 1. The van der Waals surface area contributed by atoms with Crippen molar-refractivity contribution in [3.05, 3.63) is 21.4 Å². The van der Waals surface area contributed by atoms with Crippen LogP contribution < -0.4 is 5.32 Å². The summed E-state index contributed by atoms with van der Waals surface area (Å²) in [5, 5.41) is 11.6. The van der Waals surface area contributed by atoms with Gasteiger partial charge in [0.1, 0.15) is 0 Å². The topological polar surface area (TPSA) is 52.9 Å². The van der Waals surface area contributed by atoms with E-state index >= 15 is 0 Å². The van der Waals surface area contributed by atoms with Gasteiger partial charge in [0.2, 0.25) is 0 Å². The molecule has 1 aromatic heterocycles. The molecule has 4 heteroatoms. The molecule has 0 saturated heterocycles. The fourth-order valence-corrected chi connectivity index (χ4v) is 3.26. The van der Waals surface area contributed by atoms with Crippen molar-refractivity contribution in [2.45, 2.75) is 45.1 Å². The second kappa shape index (κ2) is 5.33. The van der Waals surface area contributed by atoms with Gasteiger partial charge in [-0.1, -0.05) is 6.92 Å². The summed E-state index contributed by atoms with van der Waals surface area (Å²) < 4.78 is 0. The average Bonchev–Trinajstić information content (AvgIpc) is 2.88. The van der Waals surface area contributed by atoms with E-state index in [9.17, 15) is 4.79 Å². The molecule has 1 aliphatic carbocycles. The Morgan fingerprint density at radius 2 is 2.47 bits per heavy atom. The number of thiophene rings is 1. The Hall–Kier alpha value is -1.34. The molecule has 0 saturated carbocycles. The number of hydrogen-bond donors (Lipinski definition) is 1. The third kappa shape index (κ3) is 2.67. The van der Waals surface area contributed by atoms with Crippen LogP contribution in [0.3, 0.4) is 0 Å². The smallest absolute Gasteiger partial charge is 0.261 e. The third-order valence-electron chi connectivity index (χ3n) is 3.14. The highest BCUT2D eigenvalue weighted by atomic mass is 32.1. The van der Waals surface area contributed by atoms with E-state index in [-0.39, 0.29) is 11.9 Å². The Labute approximate surface area is 105 Å². The van der Waals surface area contributed by atoms with Crippen LogP contribution in [0, 0.1) is 11.3 Å². The van der Waals surface area contributed by atoms with E-state index in [1.165, 1.54) is 16.9 Å². The first-order chi connectivity index (χ1) is 8.24. The number of amides is 1. The zero-order chi connectivity index (χ0) is 12.3. The number of nitriles is 1. The molecule has 0 fully saturated rings. The number of nitrogens with zero attached hydrogens (tertiary/aromatic N) is 1. The van der Waals surface area contributed by atoms with Gasteiger partial charge in [-0.05, 0) is 37.3 Å². The summed E-state index contributed by atoms with van der Waals surface area (Å²) in [6.07, 6.45) is 4.62. The van der Waals surface area contributed by atoms with Crippen molar-refractivity contribution in [1.82, 2.24) is 5.32 Å². The number of carbonyl (C=O) groups excluding carboxylic acids is 1. The first-order valence-electron chi connectivity index (χ1n) is 6.04. The molecule has 0 radical (unpaired) electrons. The predicted molar refractivity (Wildman–Crippen MR) is 68.1 cm³/mol. The van der Waals surface area contributed by atoms with Crippen LogP contribution in [-0.2, 0) is 12.8 Å². The molecule has 1 unspecified atom stereocenters. The Kier molecular flexibility index (Phi) is 3.80. The molecule has 3 nitrogen and oxygen atoms in total. The largest absolute Gasteiger partial charge is 0.348 e. The molecule has 1 atom stereocenters. The Balaban J connectivity index is 2.02. The first kappa shape index (κ1) is 12.1. The number of hydrogen-bond acceptors (Lipinski definition) is 3. The van der Waals surface area contributed by atoms with E-state index in [0.717, 1.165) is 24.1 Å². The Bertz CT molecular complexity index is 437. The van der Waals surface area contributed by atoms with Crippen molar-refractivity contribution >= 4 is 17.2 Å². The highest BCUT2D eigenvalue weighted by molar-refractivity contribution is 7.14. The number of carbonyl (C=O) groups is 1. The van der Waals surface area contributed by atoms with Gasteiger partial charge in [0, 0.05) is 10.9 Å². The normalized spacial score (nSPS) is 15.1. The van der Waals surface area contributed by atoms with E-state index in [1.54, 1.807) is 11.3 Å². The van der Waals surface area contributed by atoms with Gasteiger partial charge in [-0.15, -0.1) is 11.3 Å². The minimum Gasteiger partial charge on any atom is -0.348 e. The molecule has 90 valence electrons. The summed E-state index contributed by atoms with van der Waals surface area (Å²) in [7, 11) is 0. The molecule has 1 aliphatic rings. The SMILES string of the molecule is CCC(CC#N)NC(=O)c1cc2c(s1)CCC2. The summed E-state index contributed by atoms with van der Waals surface area (Å²) in [6.45, 7) is 1.98. The summed E-state index contributed by atoms with van der Waals surface area (Å²) in [5.74, 6) is -0.0218. The summed E-state index contributed by atoms with van der Waals surface area (Å²) in [6, 6.07) is 4.09. The quantitative estimate of drug-likeness (QED) is 0.890. The van der Waals surface area contributed by atoms with Gasteiger partial charge in [0.05, 0.1) is 17.4 Å². The molecule has 2 rings (SSSR count). The molecule has 1 aromatic rings. The lowest BCUT2D eigenvalue weighted by Crippen LogP contribution is -2.33. The van der Waals surface area contributed by atoms with E-state index in [1.807, 2.05) is 13.0 Å². The van der Waals surface area contributed by atoms with Gasteiger partial charge in [-0.25, -0.2) is 0 Å². The molecule has 1 N–H and O–H groups in total. The van der Waals surface area contributed by atoms with Crippen LogP contribution in [0.15, 0.2) is 6.07 Å². The fraction of sp³-hybridized carbons (Fsp3) is 0.538. The number of fused-ring (bicyclic) bond motifs is 1. The van der Waals surface area contributed by atoms with Gasteiger partial charge in [-0.3, -0.25) is 4.79 Å². The standard InChI is InChI=1S/C13H16N2OS/c1-2-10(6-7-14)15-13(16)12-8-9-4-3-5-11(9)17-12/h8,10H,2-6H2,1H3,(H,15,16). The van der Waals surface area contributed by atoms with E-state index in [2.05, 4.69) is 11.4 Å². The van der Waals surface area contributed by atoms with Crippen LogP contribution in [0.1, 0.15) is 46.3 Å². The molecular weight excluding hydrogens is 232 g/mol. The zero-order valence-corrected chi connectivity index (χ0v) is 10.8. The van der Waals surface area contributed by atoms with Crippen LogP contribution in [0.5, 0.6) is 0 Å². The van der Waals surface area contributed by atoms with Crippen molar-refractivity contribution in [3.63, 3.8) is 0 Å². The van der Waals surface area contributed by atoms with Crippen LogP contribution in [-0.4, -0.2) is 11.9 Å². The van der Waals surface area contributed by atoms with Gasteiger partial charge in [-0.2, -0.15) is 5.26 Å². The maximum atomic E-state index is 12.0. The molecular formula is C13H16N2OS. The van der Waals surface area contributed by atoms with Gasteiger partial charge in [0.15, 0.2) is 0 Å². The zero-order valence-electron chi connectivity index (χ0n) is 9.95. The van der Waals surface area contributed by atoms with E-state index < -0.39 is 0 Å². The van der Waals surface area contributed by atoms with Gasteiger partial charge in [0.25, 0.3) is 5.91 Å². The first-order valence-corrected chi connectivity index (χ1v) is 6.85. The van der Waals surface area contributed by atoms with Crippen molar-refractivity contribution in [3.8, 4) is 6.07 Å². The molecule has 0 aliphatic heterocycles. The number of aryl methyl sites for hydroxylation is 2. The Morgan fingerprint density at radius 1 is 1.65 bits per heavy atom. The van der Waals surface area contributed by atoms with Crippen LogP contribution in [0.4, 0.5) is 0 Å². The van der Waals surface area contributed by atoms with Crippen LogP contribution >= 0.6 is 11.3 Å². The third-order valence-corrected chi connectivity index (χ3v) is 4.37. The lowest BCUT2D eigenvalue weighted by atomic mass is 10.1. The lowest BCUT2D eigenvalue weighted by Gasteiger charge is -2.12. The molecule has 0 spiro atoms. The maximum Gasteiger partial charge on any atom is 0.261 e. The van der Waals surface area contributed by atoms with Gasteiger partial charge < -0.3 is 5.32 Å². The summed E-state index contributed by atoms with van der Waals surface area (Å²) >= 11 is 1.61. The predicted octanol–water partition coefficient (Wildman–Crippen LogP) is 2.66. The molecule has 0 aromatic carbocycles. The van der Waals surface area contributed by atoms with Crippen molar-refractivity contribution in [2.75, 3.05) is 0 Å².